The number of methoxy groups -OCH3 is 1. The van der Waals surface area contributed by atoms with Gasteiger partial charge in [-0.15, -0.1) is 0 Å². The first kappa shape index (κ1) is 26.9. The Bertz CT molecular complexity index is 720. The molecule has 0 atom stereocenters. The summed E-state index contributed by atoms with van der Waals surface area (Å²) < 4.78 is 6.64. The zero-order chi connectivity index (χ0) is 23.2. The quantitative estimate of drug-likeness (QED) is 0.190. The maximum absolute atomic E-state index is 13.0. The van der Waals surface area contributed by atoms with Gasteiger partial charge in [0.05, 0.1) is 20.0 Å². The number of nitrogens with zero attached hydrogens (tertiary/aromatic N) is 1. The molecule has 0 saturated heterocycles. The van der Waals surface area contributed by atoms with Crippen molar-refractivity contribution < 1.29 is 24.2 Å². The van der Waals surface area contributed by atoms with Crippen LogP contribution in [0.4, 0.5) is 0 Å². The van der Waals surface area contributed by atoms with Gasteiger partial charge < -0.3 is 14.4 Å². The largest absolute Gasteiger partial charge is 0.481 e. The van der Waals surface area contributed by atoms with Crippen molar-refractivity contribution in [2.45, 2.75) is 111 Å². The third kappa shape index (κ3) is 9.28. The second kappa shape index (κ2) is 14.8. The topological polar surface area (TPSA) is 85.6 Å². The zero-order valence-corrected chi connectivity index (χ0v) is 19.9. The number of esters is 1. The molecular weight excluding hydrogens is 394 g/mol. The van der Waals surface area contributed by atoms with E-state index in [9.17, 15) is 14.4 Å². The standard InChI is InChI=1S/C25H41NO5/c1-5-6-7-8-9-10-11-12-13-14-22(27)25-19(2)21(15-16-24(30)31-4)26(20(25)3)18-17-23(28)29/h5-18H2,1-4H3,(H,28,29). The van der Waals surface area contributed by atoms with E-state index in [2.05, 4.69) is 6.92 Å². The van der Waals surface area contributed by atoms with E-state index in [1.54, 1.807) is 0 Å². The molecule has 1 N–H and O–H groups in total. The monoisotopic (exact) mass is 435 g/mol. The molecule has 0 bridgehead atoms. The fourth-order valence-corrected chi connectivity index (χ4v) is 4.24. The number of carbonyl (C=O) groups is 3. The molecule has 6 nitrogen and oxygen atoms in total. The van der Waals surface area contributed by atoms with Crippen LogP contribution in [-0.2, 0) is 27.3 Å². The van der Waals surface area contributed by atoms with Crippen molar-refractivity contribution in [1.82, 2.24) is 4.57 Å². The average Bonchev–Trinajstić information content (AvgIpc) is 2.97. The number of Topliss-reactive ketones (excluding diaryl/α,β-unsaturated/α-hetero) is 1. The lowest BCUT2D eigenvalue weighted by atomic mass is 9.99. The molecule has 0 radical (unpaired) electrons. The summed E-state index contributed by atoms with van der Waals surface area (Å²) in [5.74, 6) is -1.08. The van der Waals surface area contributed by atoms with Gasteiger partial charge in [0.25, 0.3) is 0 Å². The first-order valence-corrected chi connectivity index (χ1v) is 11.8. The first-order chi connectivity index (χ1) is 14.8. The Labute approximate surface area is 187 Å². The molecular formula is C25H41NO5. The molecule has 0 unspecified atom stereocenters. The second-order valence-electron chi connectivity index (χ2n) is 8.41. The van der Waals surface area contributed by atoms with Crippen LogP contribution in [0, 0.1) is 13.8 Å². The van der Waals surface area contributed by atoms with E-state index in [1.165, 1.54) is 52.1 Å². The molecule has 0 aliphatic rings. The number of hydrogen-bond donors (Lipinski definition) is 1. The number of unbranched alkanes of at least 4 members (excludes halogenated alkanes) is 8. The van der Waals surface area contributed by atoms with Gasteiger partial charge in [0.2, 0.25) is 0 Å². The van der Waals surface area contributed by atoms with E-state index in [0.29, 0.717) is 24.9 Å². The van der Waals surface area contributed by atoms with E-state index in [-0.39, 0.29) is 24.6 Å². The summed E-state index contributed by atoms with van der Waals surface area (Å²) in [6, 6.07) is 0. The average molecular weight is 436 g/mol. The van der Waals surface area contributed by atoms with E-state index in [1.807, 2.05) is 18.4 Å². The molecule has 1 aromatic rings. The van der Waals surface area contributed by atoms with Gasteiger partial charge in [0.15, 0.2) is 5.78 Å². The van der Waals surface area contributed by atoms with Crippen molar-refractivity contribution >= 4 is 17.7 Å². The van der Waals surface area contributed by atoms with Gasteiger partial charge >= 0.3 is 11.9 Å². The molecule has 6 heteroatoms. The third-order valence-corrected chi connectivity index (χ3v) is 6.03. The minimum atomic E-state index is -0.882. The number of aliphatic carboxylic acids is 1. The SMILES string of the molecule is CCCCCCCCCCCC(=O)c1c(C)c(CCC(=O)OC)n(CCC(=O)O)c1C. The van der Waals surface area contributed by atoms with Crippen LogP contribution in [0.1, 0.15) is 111 Å². The second-order valence-corrected chi connectivity index (χ2v) is 8.41. The number of hydrogen-bond acceptors (Lipinski definition) is 4. The van der Waals surface area contributed by atoms with Crippen molar-refractivity contribution in [1.29, 1.82) is 0 Å². The van der Waals surface area contributed by atoms with Crippen LogP contribution in [-0.4, -0.2) is 34.5 Å². The number of carboxylic acid groups (broad SMARTS) is 1. The van der Waals surface area contributed by atoms with Crippen LogP contribution in [0.5, 0.6) is 0 Å². The van der Waals surface area contributed by atoms with Crippen LogP contribution < -0.4 is 0 Å². The normalized spacial score (nSPS) is 11.0. The molecule has 0 spiro atoms. The highest BCUT2D eigenvalue weighted by Crippen LogP contribution is 2.26. The van der Waals surface area contributed by atoms with Crippen molar-refractivity contribution in [2.75, 3.05) is 7.11 Å². The maximum atomic E-state index is 13.0. The Kier molecular flexibility index (Phi) is 12.9. The third-order valence-electron chi connectivity index (χ3n) is 6.03. The highest BCUT2D eigenvalue weighted by Gasteiger charge is 2.22. The lowest BCUT2D eigenvalue weighted by Crippen LogP contribution is -2.11. The van der Waals surface area contributed by atoms with Crippen LogP contribution >= 0.6 is 0 Å². The smallest absolute Gasteiger partial charge is 0.305 e. The molecule has 31 heavy (non-hydrogen) atoms. The summed E-state index contributed by atoms with van der Waals surface area (Å²) in [5, 5.41) is 9.09. The predicted molar refractivity (Wildman–Crippen MR) is 123 cm³/mol. The minimum Gasteiger partial charge on any atom is -0.481 e. The van der Waals surface area contributed by atoms with Crippen LogP contribution in [0.25, 0.3) is 0 Å². The summed E-state index contributed by atoms with van der Waals surface area (Å²) in [6.07, 6.45) is 12.0. The van der Waals surface area contributed by atoms with Crippen molar-refractivity contribution in [3.05, 3.63) is 22.5 Å². The summed E-state index contributed by atoms with van der Waals surface area (Å²) in [5.41, 5.74) is 3.23. The number of ketones is 1. The number of ether oxygens (including phenoxy) is 1. The fraction of sp³-hybridized carbons (Fsp3) is 0.720. The summed E-state index contributed by atoms with van der Waals surface area (Å²) >= 11 is 0. The molecule has 1 heterocycles. The van der Waals surface area contributed by atoms with Crippen molar-refractivity contribution in [2.24, 2.45) is 0 Å². The summed E-state index contributed by atoms with van der Waals surface area (Å²) in [7, 11) is 1.35. The molecule has 0 aliphatic carbocycles. The molecule has 1 aromatic heterocycles. The first-order valence-electron chi connectivity index (χ1n) is 11.8. The van der Waals surface area contributed by atoms with Crippen LogP contribution in [0.3, 0.4) is 0 Å². The van der Waals surface area contributed by atoms with Crippen LogP contribution in [0.15, 0.2) is 0 Å². The van der Waals surface area contributed by atoms with Gasteiger partial charge in [-0.1, -0.05) is 58.3 Å². The van der Waals surface area contributed by atoms with E-state index in [0.717, 1.165) is 29.8 Å². The highest BCUT2D eigenvalue weighted by molar-refractivity contribution is 5.99. The Morgan fingerprint density at radius 2 is 1.45 bits per heavy atom. The molecule has 0 fully saturated rings. The fourth-order valence-electron chi connectivity index (χ4n) is 4.24. The Balaban J connectivity index is 2.70. The Hall–Kier alpha value is -2.11. The molecule has 0 saturated carbocycles. The van der Waals surface area contributed by atoms with Gasteiger partial charge in [-0.05, 0) is 32.3 Å². The zero-order valence-electron chi connectivity index (χ0n) is 19.9. The lowest BCUT2D eigenvalue weighted by Gasteiger charge is -2.11. The summed E-state index contributed by atoms with van der Waals surface area (Å²) in [6.45, 7) is 6.30. The van der Waals surface area contributed by atoms with E-state index >= 15 is 0 Å². The van der Waals surface area contributed by atoms with Crippen LogP contribution in [0.2, 0.25) is 0 Å². The number of aromatic nitrogens is 1. The Morgan fingerprint density at radius 1 is 0.871 bits per heavy atom. The maximum Gasteiger partial charge on any atom is 0.305 e. The van der Waals surface area contributed by atoms with Crippen molar-refractivity contribution in [3.63, 3.8) is 0 Å². The number of rotatable bonds is 17. The van der Waals surface area contributed by atoms with Gasteiger partial charge in [-0.3, -0.25) is 14.4 Å². The van der Waals surface area contributed by atoms with E-state index in [4.69, 9.17) is 9.84 Å². The molecule has 0 aliphatic heterocycles. The lowest BCUT2D eigenvalue weighted by molar-refractivity contribution is -0.140. The number of carbonyl (C=O) groups excluding carboxylic acids is 2. The van der Waals surface area contributed by atoms with Gasteiger partial charge in [0.1, 0.15) is 0 Å². The van der Waals surface area contributed by atoms with Gasteiger partial charge in [-0.2, -0.15) is 0 Å². The molecule has 0 amide bonds. The number of carboxylic acids is 1. The molecule has 176 valence electrons. The van der Waals surface area contributed by atoms with Gasteiger partial charge in [-0.25, -0.2) is 0 Å². The minimum absolute atomic E-state index is 0.0218. The molecule has 0 aromatic carbocycles. The van der Waals surface area contributed by atoms with Gasteiger partial charge in [0, 0.05) is 29.9 Å². The summed E-state index contributed by atoms with van der Waals surface area (Å²) in [4.78, 5) is 35.7. The predicted octanol–water partition coefficient (Wildman–Crippen LogP) is 5.79. The highest BCUT2D eigenvalue weighted by atomic mass is 16.5. The molecule has 1 rings (SSSR count). The van der Waals surface area contributed by atoms with Crippen molar-refractivity contribution in [3.8, 4) is 0 Å². The Morgan fingerprint density at radius 3 is 2.00 bits per heavy atom. The van der Waals surface area contributed by atoms with E-state index < -0.39 is 5.97 Å².